The Morgan fingerprint density at radius 3 is 2.52 bits per heavy atom. The van der Waals surface area contributed by atoms with E-state index in [1.165, 1.54) is 5.56 Å². The number of unbranched alkanes of at least 4 members (excludes halogenated alkanes) is 1. The predicted molar refractivity (Wildman–Crippen MR) is 103 cm³/mol. The SMILES string of the molecule is CCCCOc1ccc(C(=O)OCc2cc(-c3ccc(C)cc3)on2)cc1. The first-order valence-corrected chi connectivity index (χ1v) is 9.08. The fourth-order valence-corrected chi connectivity index (χ4v) is 2.48. The van der Waals surface area contributed by atoms with Crippen molar-refractivity contribution < 1.29 is 18.8 Å². The molecular formula is C22H23NO4. The molecule has 27 heavy (non-hydrogen) atoms. The number of benzene rings is 2. The molecule has 0 bridgehead atoms. The van der Waals surface area contributed by atoms with Crippen LogP contribution in [0.15, 0.2) is 59.1 Å². The number of nitrogens with zero attached hydrogens (tertiary/aromatic N) is 1. The van der Waals surface area contributed by atoms with E-state index in [9.17, 15) is 4.79 Å². The smallest absolute Gasteiger partial charge is 0.338 e. The summed E-state index contributed by atoms with van der Waals surface area (Å²) in [7, 11) is 0. The van der Waals surface area contributed by atoms with Crippen molar-refractivity contribution in [3.8, 4) is 17.1 Å². The number of rotatable bonds is 8. The Hall–Kier alpha value is -3.08. The summed E-state index contributed by atoms with van der Waals surface area (Å²) in [6.07, 6.45) is 2.09. The van der Waals surface area contributed by atoms with Crippen molar-refractivity contribution in [2.24, 2.45) is 0 Å². The minimum Gasteiger partial charge on any atom is -0.494 e. The van der Waals surface area contributed by atoms with Crippen molar-refractivity contribution >= 4 is 5.97 Å². The van der Waals surface area contributed by atoms with Crippen LogP contribution in [0.25, 0.3) is 11.3 Å². The van der Waals surface area contributed by atoms with Crippen molar-refractivity contribution in [1.82, 2.24) is 5.16 Å². The standard InChI is InChI=1S/C22H23NO4/c1-3-4-13-25-20-11-9-18(10-12-20)22(24)26-15-19-14-21(27-23-19)17-7-5-16(2)6-8-17/h5-12,14H,3-4,13,15H2,1-2H3. The predicted octanol–water partition coefficient (Wildman–Crippen LogP) is 5.19. The van der Waals surface area contributed by atoms with E-state index in [-0.39, 0.29) is 6.61 Å². The van der Waals surface area contributed by atoms with Crippen LogP contribution in [0.1, 0.15) is 41.4 Å². The highest BCUT2D eigenvalue weighted by Crippen LogP contribution is 2.21. The molecule has 0 amide bonds. The van der Waals surface area contributed by atoms with Gasteiger partial charge in [0.05, 0.1) is 12.2 Å². The van der Waals surface area contributed by atoms with Gasteiger partial charge < -0.3 is 14.0 Å². The second-order valence-corrected chi connectivity index (χ2v) is 6.35. The Morgan fingerprint density at radius 2 is 1.81 bits per heavy atom. The van der Waals surface area contributed by atoms with Gasteiger partial charge >= 0.3 is 5.97 Å². The molecule has 2 aromatic carbocycles. The zero-order valence-corrected chi connectivity index (χ0v) is 15.6. The van der Waals surface area contributed by atoms with E-state index in [1.54, 1.807) is 30.3 Å². The number of aryl methyl sites for hydroxylation is 1. The molecule has 0 aliphatic rings. The maximum Gasteiger partial charge on any atom is 0.338 e. The second kappa shape index (κ2) is 9.03. The molecule has 5 heteroatoms. The van der Waals surface area contributed by atoms with Crippen LogP contribution in [0.3, 0.4) is 0 Å². The van der Waals surface area contributed by atoms with E-state index in [4.69, 9.17) is 14.0 Å². The van der Waals surface area contributed by atoms with E-state index in [1.807, 2.05) is 31.2 Å². The summed E-state index contributed by atoms with van der Waals surface area (Å²) in [5.41, 5.74) is 3.15. The third-order valence-corrected chi connectivity index (χ3v) is 4.10. The van der Waals surface area contributed by atoms with Crippen LogP contribution in [0, 0.1) is 6.92 Å². The molecule has 3 rings (SSSR count). The molecule has 1 heterocycles. The quantitative estimate of drug-likeness (QED) is 0.406. The summed E-state index contributed by atoms with van der Waals surface area (Å²) in [6.45, 7) is 4.87. The first kappa shape index (κ1) is 18.7. The summed E-state index contributed by atoms with van der Waals surface area (Å²) in [5.74, 6) is 0.990. The number of hydrogen-bond acceptors (Lipinski definition) is 5. The van der Waals surface area contributed by atoms with Gasteiger partial charge in [0, 0.05) is 11.6 Å². The molecule has 0 N–H and O–H groups in total. The van der Waals surface area contributed by atoms with Crippen LogP contribution >= 0.6 is 0 Å². The number of carbonyl (C=O) groups excluding carboxylic acids is 1. The van der Waals surface area contributed by atoms with Crippen LogP contribution in [-0.2, 0) is 11.3 Å². The largest absolute Gasteiger partial charge is 0.494 e. The molecule has 0 unspecified atom stereocenters. The Bertz CT molecular complexity index is 866. The summed E-state index contributed by atoms with van der Waals surface area (Å²) in [5, 5.41) is 3.96. The first-order valence-electron chi connectivity index (χ1n) is 9.08. The number of aromatic nitrogens is 1. The number of ether oxygens (including phenoxy) is 2. The maximum atomic E-state index is 12.2. The third kappa shape index (κ3) is 5.20. The van der Waals surface area contributed by atoms with E-state index in [2.05, 4.69) is 12.1 Å². The number of carbonyl (C=O) groups is 1. The maximum absolute atomic E-state index is 12.2. The Kier molecular flexibility index (Phi) is 6.26. The van der Waals surface area contributed by atoms with Gasteiger partial charge in [-0.25, -0.2) is 4.79 Å². The molecule has 0 fully saturated rings. The summed E-state index contributed by atoms with van der Waals surface area (Å²) in [6, 6.07) is 16.7. The molecule has 0 radical (unpaired) electrons. The van der Waals surface area contributed by atoms with Crippen LogP contribution in [0.5, 0.6) is 5.75 Å². The monoisotopic (exact) mass is 365 g/mol. The van der Waals surface area contributed by atoms with E-state index in [0.717, 1.165) is 24.2 Å². The van der Waals surface area contributed by atoms with Crippen molar-refractivity contribution in [2.45, 2.75) is 33.3 Å². The zero-order chi connectivity index (χ0) is 19.1. The second-order valence-electron chi connectivity index (χ2n) is 6.35. The molecule has 0 saturated heterocycles. The fraction of sp³-hybridized carbons (Fsp3) is 0.273. The Balaban J connectivity index is 1.54. The molecule has 0 saturated carbocycles. The fourth-order valence-electron chi connectivity index (χ4n) is 2.48. The van der Waals surface area contributed by atoms with Crippen LogP contribution in [-0.4, -0.2) is 17.7 Å². The van der Waals surface area contributed by atoms with Gasteiger partial charge in [0.15, 0.2) is 5.76 Å². The molecule has 0 atom stereocenters. The Morgan fingerprint density at radius 1 is 1.07 bits per heavy atom. The highest BCUT2D eigenvalue weighted by Gasteiger charge is 2.11. The van der Waals surface area contributed by atoms with Gasteiger partial charge in [-0.3, -0.25) is 0 Å². The lowest BCUT2D eigenvalue weighted by atomic mass is 10.1. The van der Waals surface area contributed by atoms with Gasteiger partial charge in [0.1, 0.15) is 18.1 Å². The molecule has 140 valence electrons. The minimum atomic E-state index is -0.407. The van der Waals surface area contributed by atoms with Crippen molar-refractivity contribution in [3.63, 3.8) is 0 Å². The van der Waals surface area contributed by atoms with Gasteiger partial charge in [0.25, 0.3) is 0 Å². The Labute approximate surface area is 158 Å². The minimum absolute atomic E-state index is 0.0585. The highest BCUT2D eigenvalue weighted by molar-refractivity contribution is 5.89. The van der Waals surface area contributed by atoms with E-state index in [0.29, 0.717) is 23.6 Å². The van der Waals surface area contributed by atoms with Crippen molar-refractivity contribution in [2.75, 3.05) is 6.61 Å². The van der Waals surface area contributed by atoms with Gasteiger partial charge in [-0.2, -0.15) is 0 Å². The van der Waals surface area contributed by atoms with Crippen LogP contribution in [0.4, 0.5) is 0 Å². The number of hydrogen-bond donors (Lipinski definition) is 0. The molecule has 3 aromatic rings. The van der Waals surface area contributed by atoms with E-state index < -0.39 is 5.97 Å². The normalized spacial score (nSPS) is 10.6. The molecule has 5 nitrogen and oxygen atoms in total. The lowest BCUT2D eigenvalue weighted by Gasteiger charge is -2.06. The topological polar surface area (TPSA) is 61.6 Å². The lowest BCUT2D eigenvalue weighted by molar-refractivity contribution is 0.0464. The third-order valence-electron chi connectivity index (χ3n) is 4.10. The lowest BCUT2D eigenvalue weighted by Crippen LogP contribution is -2.05. The van der Waals surface area contributed by atoms with Crippen molar-refractivity contribution in [3.05, 3.63) is 71.4 Å². The van der Waals surface area contributed by atoms with Gasteiger partial charge in [0.2, 0.25) is 0 Å². The summed E-state index contributed by atoms with van der Waals surface area (Å²) >= 11 is 0. The summed E-state index contributed by atoms with van der Waals surface area (Å²) in [4.78, 5) is 12.2. The first-order chi connectivity index (χ1) is 13.2. The molecule has 0 aliphatic heterocycles. The van der Waals surface area contributed by atoms with E-state index >= 15 is 0 Å². The average molecular weight is 365 g/mol. The zero-order valence-electron chi connectivity index (χ0n) is 15.6. The van der Waals surface area contributed by atoms with Crippen LogP contribution < -0.4 is 4.74 Å². The molecule has 0 spiro atoms. The van der Waals surface area contributed by atoms with Crippen molar-refractivity contribution in [1.29, 1.82) is 0 Å². The average Bonchev–Trinajstić information content (AvgIpc) is 3.16. The van der Waals surface area contributed by atoms with Gasteiger partial charge in [-0.15, -0.1) is 0 Å². The molecule has 0 aliphatic carbocycles. The van der Waals surface area contributed by atoms with Crippen LogP contribution in [0.2, 0.25) is 0 Å². The summed E-state index contributed by atoms with van der Waals surface area (Å²) < 4.78 is 16.2. The highest BCUT2D eigenvalue weighted by atomic mass is 16.5. The number of esters is 1. The molecular weight excluding hydrogens is 342 g/mol. The van der Waals surface area contributed by atoms with Gasteiger partial charge in [-0.1, -0.05) is 48.3 Å². The van der Waals surface area contributed by atoms with Gasteiger partial charge in [-0.05, 0) is 37.6 Å². The molecule has 1 aromatic heterocycles.